The number of amides is 1. The van der Waals surface area contributed by atoms with Crippen molar-refractivity contribution < 1.29 is 9.59 Å². The first-order valence-electron chi connectivity index (χ1n) is 7.41. The van der Waals surface area contributed by atoms with Gasteiger partial charge < -0.3 is 5.73 Å². The normalized spacial score (nSPS) is 16.3. The number of Topliss-reactive ketones (excluding diaryl/α,β-unsaturated/α-hetero) is 1. The fraction of sp³-hybridized carbons (Fsp3) is 0.353. The Bertz CT molecular complexity index is 837. The van der Waals surface area contributed by atoms with Crippen molar-refractivity contribution in [3.05, 3.63) is 45.2 Å². The first kappa shape index (κ1) is 15.9. The van der Waals surface area contributed by atoms with Crippen molar-refractivity contribution in [2.75, 3.05) is 0 Å². The molecule has 3 rings (SSSR count). The number of aromatic nitrogens is 2. The van der Waals surface area contributed by atoms with Crippen LogP contribution in [0.25, 0.3) is 5.69 Å². The Morgan fingerprint density at radius 3 is 2.65 bits per heavy atom. The van der Waals surface area contributed by atoms with Gasteiger partial charge in [0.25, 0.3) is 0 Å². The number of hydrogen-bond donors (Lipinski definition) is 1. The molecule has 1 aliphatic carbocycles. The zero-order chi connectivity index (χ0) is 16.9. The Morgan fingerprint density at radius 1 is 1.35 bits per heavy atom. The second kappa shape index (κ2) is 5.30. The van der Waals surface area contributed by atoms with Crippen molar-refractivity contribution in [1.82, 2.24) is 9.78 Å². The lowest BCUT2D eigenvalue weighted by Gasteiger charge is -2.29. The van der Waals surface area contributed by atoms with Crippen molar-refractivity contribution in [3.63, 3.8) is 0 Å². The molecule has 1 heterocycles. The van der Waals surface area contributed by atoms with Gasteiger partial charge in [-0.2, -0.15) is 5.10 Å². The summed E-state index contributed by atoms with van der Waals surface area (Å²) < 4.78 is 2.42. The average Bonchev–Trinajstić information content (AvgIpc) is 2.73. The molecule has 0 radical (unpaired) electrons. The lowest BCUT2D eigenvalue weighted by Crippen LogP contribution is -2.28. The summed E-state index contributed by atoms with van der Waals surface area (Å²) in [6.07, 6.45) is 1.32. The maximum absolute atomic E-state index is 12.5. The molecule has 1 amide bonds. The van der Waals surface area contributed by atoms with Crippen LogP contribution in [0.5, 0.6) is 0 Å². The Labute approximate surface area is 143 Å². The molecule has 0 saturated heterocycles. The molecule has 1 aromatic heterocycles. The summed E-state index contributed by atoms with van der Waals surface area (Å²) >= 11 is 3.37. The monoisotopic (exact) mass is 375 g/mol. The SMILES string of the molecule is Cc1nn(-c2ccc(C(N)=O)c(Br)c2)c2c1C(=O)CC(C)(C)C2. The summed E-state index contributed by atoms with van der Waals surface area (Å²) in [5, 5.41) is 4.55. The van der Waals surface area contributed by atoms with Gasteiger partial charge in [0.1, 0.15) is 0 Å². The zero-order valence-corrected chi connectivity index (χ0v) is 14.9. The Morgan fingerprint density at radius 2 is 2.04 bits per heavy atom. The minimum absolute atomic E-state index is 0.0846. The third kappa shape index (κ3) is 2.72. The number of fused-ring (bicyclic) bond motifs is 1. The van der Waals surface area contributed by atoms with Crippen molar-refractivity contribution in [3.8, 4) is 5.69 Å². The van der Waals surface area contributed by atoms with Crippen molar-refractivity contribution in [2.45, 2.75) is 33.6 Å². The number of nitrogens with two attached hydrogens (primary N) is 1. The molecule has 0 atom stereocenters. The lowest BCUT2D eigenvalue weighted by molar-refractivity contribution is 0.0909. The van der Waals surface area contributed by atoms with Crippen molar-refractivity contribution in [2.24, 2.45) is 11.1 Å². The molecule has 1 aliphatic rings. The molecule has 2 aromatic rings. The molecule has 0 unspecified atom stereocenters. The average molecular weight is 376 g/mol. The standard InChI is InChI=1S/C17H18BrN3O2/c1-9-15-13(7-17(2,3)8-14(15)22)21(20-9)10-4-5-11(16(19)23)12(18)6-10/h4-6H,7-8H2,1-3H3,(H2,19,23). The van der Waals surface area contributed by atoms with Crippen molar-refractivity contribution >= 4 is 27.6 Å². The summed E-state index contributed by atoms with van der Waals surface area (Å²) in [6, 6.07) is 5.27. The van der Waals surface area contributed by atoms with Crippen LogP contribution in [0.4, 0.5) is 0 Å². The Balaban J connectivity index is 2.16. The number of carbonyl (C=O) groups excluding carboxylic acids is 2. The number of carbonyl (C=O) groups is 2. The van der Waals surface area contributed by atoms with Gasteiger partial charge in [-0.1, -0.05) is 13.8 Å². The fourth-order valence-electron chi connectivity index (χ4n) is 3.19. The maximum Gasteiger partial charge on any atom is 0.249 e. The molecule has 23 heavy (non-hydrogen) atoms. The second-order valence-electron chi connectivity index (χ2n) is 6.79. The van der Waals surface area contributed by atoms with Crippen LogP contribution in [-0.4, -0.2) is 21.5 Å². The van der Waals surface area contributed by atoms with E-state index in [-0.39, 0.29) is 11.2 Å². The van der Waals surface area contributed by atoms with Gasteiger partial charge in [-0.3, -0.25) is 9.59 Å². The van der Waals surface area contributed by atoms with E-state index >= 15 is 0 Å². The largest absolute Gasteiger partial charge is 0.366 e. The topological polar surface area (TPSA) is 78.0 Å². The number of ketones is 1. The van der Waals surface area contributed by atoms with Crippen molar-refractivity contribution in [1.29, 1.82) is 0 Å². The van der Waals surface area contributed by atoms with E-state index in [1.165, 1.54) is 0 Å². The minimum atomic E-state index is -0.488. The number of nitrogens with zero attached hydrogens (tertiary/aromatic N) is 2. The summed E-state index contributed by atoms with van der Waals surface area (Å²) in [5.41, 5.74) is 8.89. The van der Waals surface area contributed by atoms with Crippen LogP contribution in [0.2, 0.25) is 0 Å². The number of aryl methyl sites for hydroxylation is 1. The van der Waals surface area contributed by atoms with E-state index in [0.29, 0.717) is 16.5 Å². The number of halogens is 1. The molecule has 0 fully saturated rings. The highest BCUT2D eigenvalue weighted by Crippen LogP contribution is 2.37. The lowest BCUT2D eigenvalue weighted by atomic mass is 9.75. The van der Waals surface area contributed by atoms with E-state index in [9.17, 15) is 9.59 Å². The smallest absolute Gasteiger partial charge is 0.249 e. The van der Waals surface area contributed by atoms with Crippen LogP contribution in [0, 0.1) is 12.3 Å². The van der Waals surface area contributed by atoms with Gasteiger partial charge in [0.15, 0.2) is 5.78 Å². The Hall–Kier alpha value is -1.95. The van der Waals surface area contributed by atoms with Crippen LogP contribution >= 0.6 is 15.9 Å². The number of rotatable bonds is 2. The Kier molecular flexibility index (Phi) is 3.67. The maximum atomic E-state index is 12.5. The quantitative estimate of drug-likeness (QED) is 0.874. The highest BCUT2D eigenvalue weighted by molar-refractivity contribution is 9.10. The molecular weight excluding hydrogens is 358 g/mol. The predicted octanol–water partition coefficient (Wildman–Crippen LogP) is 3.20. The summed E-state index contributed by atoms with van der Waals surface area (Å²) in [5.74, 6) is -0.341. The van der Waals surface area contributed by atoms with Gasteiger partial charge in [-0.25, -0.2) is 4.68 Å². The van der Waals surface area contributed by atoms with Crippen LogP contribution in [-0.2, 0) is 6.42 Å². The van der Waals surface area contributed by atoms with E-state index in [2.05, 4.69) is 34.9 Å². The molecule has 0 aliphatic heterocycles. The molecule has 0 saturated carbocycles. The fourth-order valence-corrected chi connectivity index (χ4v) is 3.75. The van der Waals surface area contributed by atoms with Gasteiger partial charge in [-0.15, -0.1) is 0 Å². The van der Waals surface area contributed by atoms with Crippen LogP contribution in [0.1, 0.15) is 52.4 Å². The predicted molar refractivity (Wildman–Crippen MR) is 91.0 cm³/mol. The summed E-state index contributed by atoms with van der Waals surface area (Å²) in [6.45, 7) is 6.04. The zero-order valence-electron chi connectivity index (χ0n) is 13.3. The molecule has 2 N–H and O–H groups in total. The first-order chi connectivity index (χ1) is 10.7. The minimum Gasteiger partial charge on any atom is -0.366 e. The van der Waals surface area contributed by atoms with E-state index in [0.717, 1.165) is 29.1 Å². The molecule has 0 spiro atoms. The van der Waals surface area contributed by atoms with E-state index in [1.807, 2.05) is 6.92 Å². The van der Waals surface area contributed by atoms with Gasteiger partial charge in [0.05, 0.1) is 28.2 Å². The second-order valence-corrected chi connectivity index (χ2v) is 7.64. The van der Waals surface area contributed by atoms with Crippen LogP contribution in [0.3, 0.4) is 0 Å². The molecule has 0 bridgehead atoms. The van der Waals surface area contributed by atoms with E-state index < -0.39 is 5.91 Å². The van der Waals surface area contributed by atoms with Gasteiger partial charge in [0, 0.05) is 10.9 Å². The number of benzene rings is 1. The summed E-state index contributed by atoms with van der Waals surface area (Å²) in [4.78, 5) is 23.8. The number of primary amides is 1. The third-order valence-electron chi connectivity index (χ3n) is 4.18. The molecule has 120 valence electrons. The van der Waals surface area contributed by atoms with Gasteiger partial charge in [-0.05, 0) is 52.9 Å². The van der Waals surface area contributed by atoms with Gasteiger partial charge >= 0.3 is 0 Å². The molecule has 1 aromatic carbocycles. The van der Waals surface area contributed by atoms with E-state index in [4.69, 9.17) is 5.73 Å². The first-order valence-corrected chi connectivity index (χ1v) is 8.20. The van der Waals surface area contributed by atoms with Crippen LogP contribution in [0.15, 0.2) is 22.7 Å². The van der Waals surface area contributed by atoms with Gasteiger partial charge in [0.2, 0.25) is 5.91 Å². The highest BCUT2D eigenvalue weighted by Gasteiger charge is 2.35. The molecular formula is C17H18BrN3O2. The summed E-state index contributed by atoms with van der Waals surface area (Å²) in [7, 11) is 0. The van der Waals surface area contributed by atoms with Crippen LogP contribution < -0.4 is 5.73 Å². The highest BCUT2D eigenvalue weighted by atomic mass is 79.9. The molecule has 5 nitrogen and oxygen atoms in total. The number of hydrogen-bond acceptors (Lipinski definition) is 3. The third-order valence-corrected chi connectivity index (χ3v) is 4.84. The molecule has 6 heteroatoms. The van der Waals surface area contributed by atoms with E-state index in [1.54, 1.807) is 22.9 Å².